The second-order valence-electron chi connectivity index (χ2n) is 2.48. The van der Waals surface area contributed by atoms with Crippen molar-refractivity contribution in [2.75, 3.05) is 25.0 Å². The van der Waals surface area contributed by atoms with Crippen molar-refractivity contribution >= 4 is 15.9 Å². The van der Waals surface area contributed by atoms with Crippen molar-refractivity contribution in [1.82, 2.24) is 14.9 Å². The fraction of sp³-hybridized carbons (Fsp3) is 0.500. The highest BCUT2D eigenvalue weighted by Crippen LogP contribution is 2.02. The van der Waals surface area contributed by atoms with Crippen molar-refractivity contribution in [2.24, 2.45) is 0 Å². The van der Waals surface area contributed by atoms with Gasteiger partial charge in [-0.25, -0.2) is 0 Å². The van der Waals surface area contributed by atoms with Gasteiger partial charge in [0.05, 0.1) is 18.5 Å². The molecule has 3 N–H and O–H groups in total. The number of nitrogens with zero attached hydrogens (tertiary/aromatic N) is 1. The standard InChI is InChI=1S/C6H12N4O3S/c1-13-3-2-9-14(11,12)10-6-4-7-8-5-6/h4-5,9-10H,2-3H2,1H3,(H,7,8). The van der Waals surface area contributed by atoms with Crippen LogP contribution in [0.15, 0.2) is 12.4 Å². The molecule has 0 radical (unpaired) electrons. The average molecular weight is 220 g/mol. The molecule has 1 rings (SSSR count). The summed E-state index contributed by atoms with van der Waals surface area (Å²) in [7, 11) is -2.02. The van der Waals surface area contributed by atoms with Gasteiger partial charge in [0.1, 0.15) is 0 Å². The lowest BCUT2D eigenvalue weighted by atomic mass is 10.6. The highest BCUT2D eigenvalue weighted by atomic mass is 32.2. The number of H-pyrrole nitrogens is 1. The van der Waals surface area contributed by atoms with Crippen LogP contribution in [0.25, 0.3) is 0 Å². The summed E-state index contributed by atoms with van der Waals surface area (Å²) in [5.41, 5.74) is 0.384. The van der Waals surface area contributed by atoms with Gasteiger partial charge in [-0.1, -0.05) is 0 Å². The molecule has 0 aliphatic carbocycles. The quantitative estimate of drug-likeness (QED) is 0.552. The lowest BCUT2D eigenvalue weighted by Crippen LogP contribution is -2.32. The Hall–Kier alpha value is -1.12. The zero-order valence-electron chi connectivity index (χ0n) is 7.65. The van der Waals surface area contributed by atoms with E-state index in [4.69, 9.17) is 4.74 Å². The molecule has 0 aliphatic heterocycles. The number of ether oxygens (including phenoxy) is 1. The molecule has 0 fully saturated rings. The van der Waals surface area contributed by atoms with Gasteiger partial charge in [0.2, 0.25) is 0 Å². The SMILES string of the molecule is COCCNS(=O)(=O)Nc1cn[nH]c1. The maximum absolute atomic E-state index is 11.3. The summed E-state index contributed by atoms with van der Waals surface area (Å²) < 4.78 is 31.8. The first-order valence-electron chi connectivity index (χ1n) is 3.89. The molecule has 14 heavy (non-hydrogen) atoms. The molecule has 1 aromatic rings. The van der Waals surface area contributed by atoms with Gasteiger partial charge in [0.25, 0.3) is 10.2 Å². The predicted octanol–water partition coefficient (Wildman–Crippen LogP) is -0.698. The van der Waals surface area contributed by atoms with Gasteiger partial charge in [0, 0.05) is 19.9 Å². The van der Waals surface area contributed by atoms with Crippen LogP contribution in [0.4, 0.5) is 5.69 Å². The third kappa shape index (κ3) is 3.73. The monoisotopic (exact) mass is 220 g/mol. The van der Waals surface area contributed by atoms with E-state index in [0.717, 1.165) is 0 Å². The summed E-state index contributed by atoms with van der Waals surface area (Å²) in [6.07, 6.45) is 2.81. The van der Waals surface area contributed by atoms with Gasteiger partial charge in [-0.2, -0.15) is 18.2 Å². The van der Waals surface area contributed by atoms with Crippen LogP contribution >= 0.6 is 0 Å². The summed E-state index contributed by atoms with van der Waals surface area (Å²) in [6, 6.07) is 0. The Labute approximate surface area is 82.0 Å². The van der Waals surface area contributed by atoms with E-state index in [-0.39, 0.29) is 6.54 Å². The van der Waals surface area contributed by atoms with Crippen molar-refractivity contribution < 1.29 is 13.2 Å². The topological polar surface area (TPSA) is 96.1 Å². The molecular formula is C6H12N4O3S. The molecule has 0 saturated heterocycles. The third-order valence-corrected chi connectivity index (χ3v) is 2.44. The average Bonchev–Trinajstić information content (AvgIpc) is 2.56. The van der Waals surface area contributed by atoms with Crippen LogP contribution in [0.1, 0.15) is 0 Å². The molecule has 80 valence electrons. The van der Waals surface area contributed by atoms with Crippen LogP contribution in [0, 0.1) is 0 Å². The maximum Gasteiger partial charge on any atom is 0.299 e. The molecule has 0 spiro atoms. The Kier molecular flexibility index (Phi) is 3.86. The van der Waals surface area contributed by atoms with Gasteiger partial charge in [-0.15, -0.1) is 0 Å². The highest BCUT2D eigenvalue weighted by Gasteiger charge is 2.08. The zero-order valence-corrected chi connectivity index (χ0v) is 8.47. The molecule has 1 aromatic heterocycles. The van der Waals surface area contributed by atoms with E-state index in [9.17, 15) is 8.42 Å². The molecule has 0 atom stereocenters. The van der Waals surface area contributed by atoms with Gasteiger partial charge in [0.15, 0.2) is 0 Å². The molecule has 8 heteroatoms. The Bertz CT molecular complexity index is 347. The smallest absolute Gasteiger partial charge is 0.299 e. The molecule has 1 heterocycles. The first-order chi connectivity index (χ1) is 6.64. The van der Waals surface area contributed by atoms with E-state index in [2.05, 4.69) is 19.6 Å². The summed E-state index contributed by atoms with van der Waals surface area (Å²) in [4.78, 5) is 0. The number of nitrogens with one attached hydrogen (secondary N) is 3. The van der Waals surface area contributed by atoms with E-state index < -0.39 is 10.2 Å². The normalized spacial score (nSPS) is 11.5. The first kappa shape index (κ1) is 11.0. The Morgan fingerprint density at radius 1 is 1.64 bits per heavy atom. The van der Waals surface area contributed by atoms with E-state index >= 15 is 0 Å². The van der Waals surface area contributed by atoms with Crippen molar-refractivity contribution in [3.8, 4) is 0 Å². The van der Waals surface area contributed by atoms with Crippen LogP contribution in [0.3, 0.4) is 0 Å². The van der Waals surface area contributed by atoms with Gasteiger partial charge < -0.3 is 4.74 Å². The minimum absolute atomic E-state index is 0.226. The van der Waals surface area contributed by atoms with Crippen LogP contribution in [0.5, 0.6) is 0 Å². The van der Waals surface area contributed by atoms with E-state index in [1.54, 1.807) is 0 Å². The number of rotatable bonds is 6. The van der Waals surface area contributed by atoms with Gasteiger partial charge >= 0.3 is 0 Å². The minimum Gasteiger partial charge on any atom is -0.383 e. The summed E-state index contributed by atoms with van der Waals surface area (Å²) >= 11 is 0. The maximum atomic E-state index is 11.3. The summed E-state index contributed by atoms with van der Waals surface area (Å²) in [5, 5.41) is 6.09. The number of aromatic amines is 1. The van der Waals surface area contributed by atoms with Crippen molar-refractivity contribution in [2.45, 2.75) is 0 Å². The number of methoxy groups -OCH3 is 1. The Morgan fingerprint density at radius 2 is 2.43 bits per heavy atom. The predicted molar refractivity (Wildman–Crippen MR) is 51.0 cm³/mol. The Morgan fingerprint density at radius 3 is 3.00 bits per heavy atom. The molecule has 0 aliphatic rings. The van der Waals surface area contributed by atoms with Crippen molar-refractivity contribution in [3.63, 3.8) is 0 Å². The zero-order chi connectivity index (χ0) is 10.4. The van der Waals surface area contributed by atoms with Crippen LogP contribution in [0.2, 0.25) is 0 Å². The number of anilines is 1. The van der Waals surface area contributed by atoms with Crippen molar-refractivity contribution in [3.05, 3.63) is 12.4 Å². The molecular weight excluding hydrogens is 208 g/mol. The van der Waals surface area contributed by atoms with Gasteiger partial charge in [-0.3, -0.25) is 9.82 Å². The van der Waals surface area contributed by atoms with Gasteiger partial charge in [-0.05, 0) is 0 Å². The minimum atomic E-state index is -3.52. The van der Waals surface area contributed by atoms with E-state index in [0.29, 0.717) is 12.3 Å². The fourth-order valence-corrected chi connectivity index (χ4v) is 1.62. The highest BCUT2D eigenvalue weighted by molar-refractivity contribution is 7.90. The van der Waals surface area contributed by atoms with Crippen LogP contribution in [-0.2, 0) is 14.9 Å². The fourth-order valence-electron chi connectivity index (χ4n) is 0.776. The second kappa shape index (κ2) is 4.94. The molecule has 0 aromatic carbocycles. The lowest BCUT2D eigenvalue weighted by molar-refractivity contribution is 0.204. The molecule has 0 amide bonds. The summed E-state index contributed by atoms with van der Waals surface area (Å²) in [6.45, 7) is 0.552. The number of aromatic nitrogens is 2. The second-order valence-corrected chi connectivity index (χ2v) is 3.98. The van der Waals surface area contributed by atoms with E-state index in [1.807, 2.05) is 0 Å². The largest absolute Gasteiger partial charge is 0.383 e. The van der Waals surface area contributed by atoms with E-state index in [1.165, 1.54) is 19.5 Å². The molecule has 0 saturated carbocycles. The number of hydrogen-bond acceptors (Lipinski definition) is 4. The van der Waals surface area contributed by atoms with Crippen LogP contribution < -0.4 is 9.44 Å². The lowest BCUT2D eigenvalue weighted by Gasteiger charge is -2.06. The summed E-state index contributed by atoms with van der Waals surface area (Å²) in [5.74, 6) is 0. The third-order valence-electron chi connectivity index (χ3n) is 1.35. The Balaban J connectivity index is 2.42. The molecule has 0 unspecified atom stereocenters. The molecule has 0 bridgehead atoms. The van der Waals surface area contributed by atoms with Crippen LogP contribution in [-0.4, -0.2) is 38.9 Å². The number of hydrogen-bond donors (Lipinski definition) is 3. The molecule has 7 nitrogen and oxygen atoms in total. The van der Waals surface area contributed by atoms with Crippen molar-refractivity contribution in [1.29, 1.82) is 0 Å². The first-order valence-corrected chi connectivity index (χ1v) is 5.37.